The highest BCUT2D eigenvalue weighted by atomic mass is 19.1. The topological polar surface area (TPSA) is 69.3 Å². The fourth-order valence-corrected chi connectivity index (χ4v) is 4.19. The van der Waals surface area contributed by atoms with Gasteiger partial charge in [-0.2, -0.15) is 5.10 Å². The Morgan fingerprint density at radius 2 is 1.63 bits per heavy atom. The zero-order valence-corrected chi connectivity index (χ0v) is 21.2. The van der Waals surface area contributed by atoms with Crippen molar-refractivity contribution in [3.63, 3.8) is 0 Å². The van der Waals surface area contributed by atoms with Crippen molar-refractivity contribution in [3.05, 3.63) is 137 Å². The zero-order valence-electron chi connectivity index (χ0n) is 21.2. The van der Waals surface area contributed by atoms with Crippen LogP contribution in [0.4, 0.5) is 10.2 Å². The van der Waals surface area contributed by atoms with Crippen molar-refractivity contribution in [3.8, 4) is 5.75 Å². The first-order valence-electron chi connectivity index (χ1n) is 12.3. The summed E-state index contributed by atoms with van der Waals surface area (Å²) in [6.07, 6.45) is 1.74. The van der Waals surface area contributed by atoms with Crippen LogP contribution in [-0.4, -0.2) is 15.7 Å². The predicted octanol–water partition coefficient (Wildman–Crippen LogP) is 6.82. The molecule has 0 spiro atoms. The number of amides is 1. The van der Waals surface area contributed by atoms with Gasteiger partial charge in [-0.15, -0.1) is 0 Å². The first kappa shape index (κ1) is 25.0. The van der Waals surface area contributed by atoms with E-state index < -0.39 is 5.91 Å². The van der Waals surface area contributed by atoms with Gasteiger partial charge >= 0.3 is 0 Å². The standard InChI is InChI=1S/C31H28FN3O3/c1-31(2,23-6-4-3-5-7-23)24-10-14-26(15-11-24)37-21-27-16-17-28(38-27)30(36)33-29-18-19-35(34-29)20-22-8-12-25(32)13-9-22/h3-19H,20-21H2,1-2H3,(H,33,34,36). The molecule has 0 atom stereocenters. The Labute approximate surface area is 220 Å². The summed E-state index contributed by atoms with van der Waals surface area (Å²) in [7, 11) is 0. The van der Waals surface area contributed by atoms with Crippen molar-refractivity contribution in [2.45, 2.75) is 32.4 Å². The quantitative estimate of drug-likeness (QED) is 0.237. The molecule has 38 heavy (non-hydrogen) atoms. The summed E-state index contributed by atoms with van der Waals surface area (Å²) >= 11 is 0. The monoisotopic (exact) mass is 509 g/mol. The summed E-state index contributed by atoms with van der Waals surface area (Å²) in [5.74, 6) is 1.11. The Balaban J connectivity index is 1.15. The van der Waals surface area contributed by atoms with Crippen LogP contribution in [0.15, 0.2) is 108 Å². The molecule has 0 unspecified atom stereocenters. The number of nitrogens with one attached hydrogen (secondary N) is 1. The molecule has 6 nitrogen and oxygen atoms in total. The maximum absolute atomic E-state index is 13.1. The zero-order chi connectivity index (χ0) is 26.5. The normalized spacial score (nSPS) is 11.3. The molecule has 0 saturated carbocycles. The van der Waals surface area contributed by atoms with Crippen molar-refractivity contribution in [2.75, 3.05) is 5.32 Å². The lowest BCUT2D eigenvalue weighted by molar-refractivity contribution is 0.0992. The van der Waals surface area contributed by atoms with Crippen molar-refractivity contribution in [1.82, 2.24) is 9.78 Å². The molecule has 3 aromatic carbocycles. The Hall–Kier alpha value is -4.65. The number of rotatable bonds is 9. The van der Waals surface area contributed by atoms with Gasteiger partial charge < -0.3 is 14.5 Å². The second-order valence-corrected chi connectivity index (χ2v) is 9.55. The lowest BCUT2D eigenvalue weighted by atomic mass is 9.78. The minimum absolute atomic E-state index is 0.125. The number of furan rings is 1. The molecule has 2 heterocycles. The second-order valence-electron chi connectivity index (χ2n) is 9.55. The fraction of sp³-hybridized carbons (Fsp3) is 0.161. The SMILES string of the molecule is CC(C)(c1ccccc1)c1ccc(OCc2ccc(C(=O)Nc3ccn(Cc4ccc(F)cc4)n3)o2)cc1. The molecule has 0 radical (unpaired) electrons. The highest BCUT2D eigenvalue weighted by Gasteiger charge is 2.22. The first-order chi connectivity index (χ1) is 18.4. The van der Waals surface area contributed by atoms with Gasteiger partial charge in [-0.1, -0.05) is 68.4 Å². The van der Waals surface area contributed by atoms with E-state index in [1.54, 1.807) is 41.2 Å². The molecule has 0 saturated heterocycles. The smallest absolute Gasteiger partial charge is 0.292 e. The van der Waals surface area contributed by atoms with E-state index in [0.717, 1.165) is 5.56 Å². The molecular formula is C31H28FN3O3. The second kappa shape index (κ2) is 10.8. The van der Waals surface area contributed by atoms with Crippen LogP contribution in [0, 0.1) is 5.82 Å². The number of hydrogen-bond donors (Lipinski definition) is 1. The molecule has 5 rings (SSSR count). The average Bonchev–Trinajstić information content (AvgIpc) is 3.59. The largest absolute Gasteiger partial charge is 0.486 e. The molecular weight excluding hydrogens is 481 g/mol. The number of carbonyl (C=O) groups excluding carboxylic acids is 1. The van der Waals surface area contributed by atoms with Crippen molar-refractivity contribution in [1.29, 1.82) is 0 Å². The van der Waals surface area contributed by atoms with Gasteiger partial charge in [0.15, 0.2) is 11.6 Å². The lowest BCUT2D eigenvalue weighted by Crippen LogP contribution is -2.18. The summed E-state index contributed by atoms with van der Waals surface area (Å²) in [4.78, 5) is 12.6. The molecule has 0 aliphatic carbocycles. The summed E-state index contributed by atoms with van der Waals surface area (Å²) in [6, 6.07) is 29.6. The lowest BCUT2D eigenvalue weighted by Gasteiger charge is -2.26. The van der Waals surface area contributed by atoms with Gasteiger partial charge in [0, 0.05) is 17.7 Å². The Morgan fingerprint density at radius 3 is 2.37 bits per heavy atom. The maximum Gasteiger partial charge on any atom is 0.292 e. The van der Waals surface area contributed by atoms with Gasteiger partial charge in [0.05, 0.1) is 6.54 Å². The third kappa shape index (κ3) is 5.83. The van der Waals surface area contributed by atoms with E-state index >= 15 is 0 Å². The molecule has 192 valence electrons. The molecule has 0 aliphatic rings. The van der Waals surface area contributed by atoms with Gasteiger partial charge in [0.25, 0.3) is 5.91 Å². The van der Waals surface area contributed by atoms with Gasteiger partial charge in [0.2, 0.25) is 0 Å². The van der Waals surface area contributed by atoms with Crippen LogP contribution in [0.5, 0.6) is 5.75 Å². The van der Waals surface area contributed by atoms with Crippen LogP contribution in [0.25, 0.3) is 0 Å². The number of halogens is 1. The molecule has 0 fully saturated rings. The van der Waals surface area contributed by atoms with Crippen LogP contribution < -0.4 is 10.1 Å². The number of aromatic nitrogens is 2. The molecule has 2 aromatic heterocycles. The predicted molar refractivity (Wildman–Crippen MR) is 144 cm³/mol. The van der Waals surface area contributed by atoms with Crippen molar-refractivity contribution < 1.29 is 18.3 Å². The van der Waals surface area contributed by atoms with Crippen molar-refractivity contribution in [2.24, 2.45) is 0 Å². The number of carbonyl (C=O) groups is 1. The molecule has 0 aliphatic heterocycles. The molecule has 1 amide bonds. The highest BCUT2D eigenvalue weighted by molar-refractivity contribution is 6.01. The molecule has 0 bridgehead atoms. The van der Waals surface area contributed by atoms with E-state index in [4.69, 9.17) is 9.15 Å². The highest BCUT2D eigenvalue weighted by Crippen LogP contribution is 2.32. The van der Waals surface area contributed by atoms with Crippen LogP contribution in [0.2, 0.25) is 0 Å². The van der Waals surface area contributed by atoms with E-state index in [0.29, 0.717) is 23.9 Å². The van der Waals surface area contributed by atoms with E-state index in [1.807, 2.05) is 18.2 Å². The third-order valence-electron chi connectivity index (χ3n) is 6.48. The van der Waals surface area contributed by atoms with E-state index in [2.05, 4.69) is 60.7 Å². The fourth-order valence-electron chi connectivity index (χ4n) is 4.19. The van der Waals surface area contributed by atoms with Crippen molar-refractivity contribution >= 4 is 11.7 Å². The van der Waals surface area contributed by atoms with E-state index in [1.165, 1.54) is 23.3 Å². The number of anilines is 1. The number of benzene rings is 3. The van der Waals surface area contributed by atoms with Crippen LogP contribution >= 0.6 is 0 Å². The molecule has 5 aromatic rings. The summed E-state index contributed by atoms with van der Waals surface area (Å²) < 4.78 is 26.3. The maximum atomic E-state index is 13.1. The van der Waals surface area contributed by atoms with Gasteiger partial charge in [0.1, 0.15) is 23.9 Å². The summed E-state index contributed by atoms with van der Waals surface area (Å²) in [6.45, 7) is 5.05. The summed E-state index contributed by atoms with van der Waals surface area (Å²) in [5, 5.41) is 7.07. The third-order valence-corrected chi connectivity index (χ3v) is 6.48. The Morgan fingerprint density at radius 1 is 0.921 bits per heavy atom. The van der Waals surface area contributed by atoms with E-state index in [9.17, 15) is 9.18 Å². The molecule has 7 heteroatoms. The number of ether oxygens (including phenoxy) is 1. The minimum Gasteiger partial charge on any atom is -0.486 e. The number of hydrogen-bond acceptors (Lipinski definition) is 4. The molecule has 1 N–H and O–H groups in total. The van der Waals surface area contributed by atoms with Gasteiger partial charge in [-0.05, 0) is 53.1 Å². The Bertz CT molecular complexity index is 1500. The van der Waals surface area contributed by atoms with Crippen LogP contribution in [0.1, 0.15) is 46.9 Å². The van der Waals surface area contributed by atoms with Gasteiger partial charge in [-0.25, -0.2) is 4.39 Å². The first-order valence-corrected chi connectivity index (χ1v) is 12.3. The van der Waals surface area contributed by atoms with Gasteiger partial charge in [-0.3, -0.25) is 9.48 Å². The van der Waals surface area contributed by atoms with Crippen LogP contribution in [-0.2, 0) is 18.6 Å². The summed E-state index contributed by atoms with van der Waals surface area (Å²) in [5.41, 5.74) is 3.21. The average molecular weight is 510 g/mol. The Kier molecular flexibility index (Phi) is 7.09. The van der Waals surface area contributed by atoms with E-state index in [-0.39, 0.29) is 23.6 Å². The number of nitrogens with zero attached hydrogens (tertiary/aromatic N) is 2. The van der Waals surface area contributed by atoms with Crippen LogP contribution in [0.3, 0.4) is 0 Å². The minimum atomic E-state index is -0.407.